The van der Waals surface area contributed by atoms with Crippen molar-refractivity contribution in [2.75, 3.05) is 17.2 Å². The second-order valence-electron chi connectivity index (χ2n) is 7.61. The van der Waals surface area contributed by atoms with Crippen molar-refractivity contribution >= 4 is 29.3 Å². The number of anilines is 1. The van der Waals surface area contributed by atoms with Crippen LogP contribution in [0.3, 0.4) is 0 Å². The number of amides is 2. The van der Waals surface area contributed by atoms with Gasteiger partial charge >= 0.3 is 0 Å². The fraction of sp³-hybridized carbons (Fsp3) is 0.167. The largest absolute Gasteiger partial charge is 0.311 e. The van der Waals surface area contributed by atoms with Crippen LogP contribution in [-0.4, -0.2) is 29.0 Å². The van der Waals surface area contributed by atoms with Gasteiger partial charge in [-0.1, -0.05) is 24.3 Å². The predicted molar refractivity (Wildman–Crippen MR) is 116 cm³/mol. The first kappa shape index (κ1) is 20.6. The quantitative estimate of drug-likeness (QED) is 0.577. The Morgan fingerprint density at radius 2 is 1.72 bits per heavy atom. The zero-order valence-corrected chi connectivity index (χ0v) is 17.5. The molecule has 32 heavy (non-hydrogen) atoms. The van der Waals surface area contributed by atoms with E-state index in [-0.39, 0.29) is 23.9 Å². The van der Waals surface area contributed by atoms with Crippen molar-refractivity contribution in [2.45, 2.75) is 11.4 Å². The number of benzene rings is 3. The van der Waals surface area contributed by atoms with Crippen LogP contribution in [0.5, 0.6) is 0 Å². The van der Waals surface area contributed by atoms with Gasteiger partial charge in [0, 0.05) is 23.4 Å². The van der Waals surface area contributed by atoms with Crippen LogP contribution in [0.2, 0.25) is 0 Å². The number of thioether (sulfide) groups is 1. The molecule has 2 heterocycles. The van der Waals surface area contributed by atoms with E-state index in [9.17, 15) is 22.8 Å². The van der Waals surface area contributed by atoms with Gasteiger partial charge in [-0.2, -0.15) is 0 Å². The highest BCUT2D eigenvalue weighted by Gasteiger charge is 2.59. The molecule has 0 N–H and O–H groups in total. The van der Waals surface area contributed by atoms with Crippen LogP contribution in [0.15, 0.2) is 66.7 Å². The van der Waals surface area contributed by atoms with E-state index >= 15 is 0 Å². The Balaban J connectivity index is 1.56. The fourth-order valence-corrected chi connectivity index (χ4v) is 5.75. The molecule has 3 aromatic carbocycles. The minimum Gasteiger partial charge on any atom is -0.311 e. The number of hydrogen-bond donors (Lipinski definition) is 0. The van der Waals surface area contributed by atoms with Gasteiger partial charge in [-0.05, 0) is 48.0 Å². The van der Waals surface area contributed by atoms with Gasteiger partial charge in [-0.3, -0.25) is 9.59 Å². The molecular weight excluding hydrogens is 437 g/mol. The molecule has 2 amide bonds. The summed E-state index contributed by atoms with van der Waals surface area (Å²) < 4.78 is 40.5. The van der Waals surface area contributed by atoms with Gasteiger partial charge < -0.3 is 9.80 Å². The van der Waals surface area contributed by atoms with Gasteiger partial charge in [-0.15, -0.1) is 11.8 Å². The average Bonchev–Trinajstić information content (AvgIpc) is 3.34. The predicted octanol–water partition coefficient (Wildman–Crippen LogP) is 4.69. The lowest BCUT2D eigenvalue weighted by atomic mass is 10.0. The van der Waals surface area contributed by atoms with E-state index in [2.05, 4.69) is 0 Å². The molecular formula is C24H17F3N2O2S. The molecule has 3 aromatic rings. The van der Waals surface area contributed by atoms with E-state index in [1.165, 1.54) is 51.9 Å². The maximum atomic E-state index is 13.8. The third-order valence-corrected chi connectivity index (χ3v) is 7.18. The summed E-state index contributed by atoms with van der Waals surface area (Å²) in [5.41, 5.74) is 2.01. The Bertz CT molecular complexity index is 1230. The zero-order chi connectivity index (χ0) is 22.5. The Labute approximate surface area is 186 Å². The first-order valence-corrected chi connectivity index (χ1v) is 11.0. The Hall–Kier alpha value is -3.26. The van der Waals surface area contributed by atoms with E-state index in [1.54, 1.807) is 18.2 Å². The highest BCUT2D eigenvalue weighted by atomic mass is 32.2. The Morgan fingerprint density at radius 3 is 2.47 bits per heavy atom. The summed E-state index contributed by atoms with van der Waals surface area (Å²) in [6.45, 7) is 0.383. The summed E-state index contributed by atoms with van der Waals surface area (Å²) in [4.78, 5) is 28.9. The SMILES string of the molecule is O=C(c1ccc(F)cc1)N1CCS[C@@]12C(=O)N(Cc1ccc(F)c(F)c1)c1ccccc12. The summed E-state index contributed by atoms with van der Waals surface area (Å²) in [5.74, 6) is -2.53. The second-order valence-corrected chi connectivity index (χ2v) is 8.90. The molecule has 1 fully saturated rings. The standard InChI is InChI=1S/C24H17F3N2O2S/c25-17-8-6-16(7-9-17)22(30)29-11-12-32-24(29)18-3-1-2-4-21(18)28(23(24)31)14-15-5-10-19(26)20(27)13-15/h1-10,13H,11-12,14H2/t24-/m0/s1. The lowest BCUT2D eigenvalue weighted by Crippen LogP contribution is -2.50. The molecule has 0 aliphatic carbocycles. The number of hydrogen-bond acceptors (Lipinski definition) is 3. The maximum Gasteiger partial charge on any atom is 0.268 e. The molecule has 8 heteroatoms. The lowest BCUT2D eigenvalue weighted by Gasteiger charge is -2.33. The number of nitrogens with zero attached hydrogens (tertiary/aromatic N) is 2. The van der Waals surface area contributed by atoms with Crippen molar-refractivity contribution in [1.82, 2.24) is 4.90 Å². The van der Waals surface area contributed by atoms with Crippen LogP contribution < -0.4 is 4.90 Å². The summed E-state index contributed by atoms with van der Waals surface area (Å²) in [6.07, 6.45) is 0. The third kappa shape index (κ3) is 3.09. The number of carbonyl (C=O) groups excluding carboxylic acids is 2. The summed E-state index contributed by atoms with van der Waals surface area (Å²) in [7, 11) is 0. The van der Waals surface area contributed by atoms with E-state index in [4.69, 9.17) is 0 Å². The minimum absolute atomic E-state index is 0.0357. The molecule has 1 saturated heterocycles. The first-order valence-electron chi connectivity index (χ1n) is 9.99. The molecule has 5 rings (SSSR count). The van der Waals surface area contributed by atoms with Crippen molar-refractivity contribution in [3.8, 4) is 0 Å². The Kier molecular flexibility index (Phi) is 4.97. The van der Waals surface area contributed by atoms with Gasteiger partial charge in [0.25, 0.3) is 11.8 Å². The van der Waals surface area contributed by atoms with Crippen molar-refractivity contribution in [2.24, 2.45) is 0 Å². The normalized spacial score (nSPS) is 19.7. The average molecular weight is 454 g/mol. The topological polar surface area (TPSA) is 40.6 Å². The Morgan fingerprint density at radius 1 is 0.969 bits per heavy atom. The van der Waals surface area contributed by atoms with Crippen molar-refractivity contribution in [1.29, 1.82) is 0 Å². The van der Waals surface area contributed by atoms with Crippen LogP contribution >= 0.6 is 11.8 Å². The molecule has 0 bridgehead atoms. The maximum absolute atomic E-state index is 13.8. The van der Waals surface area contributed by atoms with Crippen LogP contribution in [-0.2, 0) is 16.2 Å². The van der Waals surface area contributed by atoms with E-state index in [0.29, 0.717) is 29.1 Å². The molecule has 4 nitrogen and oxygen atoms in total. The second kappa shape index (κ2) is 7.70. The molecule has 0 saturated carbocycles. The van der Waals surface area contributed by atoms with Crippen molar-refractivity contribution < 1.29 is 22.8 Å². The highest BCUT2D eigenvalue weighted by Crippen LogP contribution is 2.54. The highest BCUT2D eigenvalue weighted by molar-refractivity contribution is 8.01. The number of fused-ring (bicyclic) bond motifs is 2. The number of rotatable bonds is 3. The summed E-state index contributed by atoms with van der Waals surface area (Å²) >= 11 is 1.36. The molecule has 2 aliphatic rings. The van der Waals surface area contributed by atoms with Gasteiger partial charge in [-0.25, -0.2) is 13.2 Å². The summed E-state index contributed by atoms with van der Waals surface area (Å²) in [5, 5.41) is 0. The molecule has 0 aromatic heterocycles. The van der Waals surface area contributed by atoms with Gasteiger partial charge in [0.05, 0.1) is 12.2 Å². The number of halogens is 3. The summed E-state index contributed by atoms with van der Waals surface area (Å²) in [6, 6.07) is 15.9. The van der Waals surface area contributed by atoms with E-state index in [1.807, 2.05) is 6.07 Å². The van der Waals surface area contributed by atoms with E-state index < -0.39 is 22.3 Å². The minimum atomic E-state index is -1.26. The molecule has 162 valence electrons. The van der Waals surface area contributed by atoms with Crippen LogP contribution in [0.4, 0.5) is 18.9 Å². The molecule has 1 atom stereocenters. The first-order chi connectivity index (χ1) is 15.4. The van der Waals surface area contributed by atoms with Crippen LogP contribution in [0, 0.1) is 17.5 Å². The van der Waals surface area contributed by atoms with Crippen molar-refractivity contribution in [3.63, 3.8) is 0 Å². The van der Waals surface area contributed by atoms with E-state index in [0.717, 1.165) is 12.1 Å². The van der Waals surface area contributed by atoms with Crippen LogP contribution in [0.25, 0.3) is 0 Å². The molecule has 1 spiro atoms. The van der Waals surface area contributed by atoms with Gasteiger partial charge in [0.1, 0.15) is 5.82 Å². The van der Waals surface area contributed by atoms with Gasteiger partial charge in [0.2, 0.25) is 0 Å². The van der Waals surface area contributed by atoms with Gasteiger partial charge in [0.15, 0.2) is 16.5 Å². The molecule has 0 unspecified atom stereocenters. The number of carbonyl (C=O) groups is 2. The monoisotopic (exact) mass is 454 g/mol. The van der Waals surface area contributed by atoms with Crippen LogP contribution in [0.1, 0.15) is 21.5 Å². The zero-order valence-electron chi connectivity index (χ0n) is 16.7. The smallest absolute Gasteiger partial charge is 0.268 e. The molecule has 0 radical (unpaired) electrons. The lowest BCUT2D eigenvalue weighted by molar-refractivity contribution is -0.123. The molecule has 2 aliphatic heterocycles. The number of para-hydroxylation sites is 1. The third-order valence-electron chi connectivity index (χ3n) is 5.76. The van der Waals surface area contributed by atoms with Crippen molar-refractivity contribution in [3.05, 3.63) is 101 Å². The fourth-order valence-electron chi connectivity index (χ4n) is 4.29.